The summed E-state index contributed by atoms with van der Waals surface area (Å²) in [5.41, 5.74) is 6.74. The van der Waals surface area contributed by atoms with Gasteiger partial charge < -0.3 is 33.3 Å². The van der Waals surface area contributed by atoms with E-state index in [1.54, 1.807) is 34.0 Å². The third-order valence-electron chi connectivity index (χ3n) is 17.4. The highest BCUT2D eigenvalue weighted by Gasteiger charge is 2.32. The van der Waals surface area contributed by atoms with Crippen LogP contribution in [0.5, 0.6) is 34.5 Å². The van der Waals surface area contributed by atoms with Gasteiger partial charge in [0.15, 0.2) is 34.5 Å². The molecule has 7 nitrogen and oxygen atoms in total. The van der Waals surface area contributed by atoms with Crippen molar-refractivity contribution in [2.24, 2.45) is 0 Å². The molecule has 0 atom stereocenters. The summed E-state index contributed by atoms with van der Waals surface area (Å²) in [6.07, 6.45) is 18.6. The minimum Gasteiger partial charge on any atom is -0.485 e. The highest BCUT2D eigenvalue weighted by molar-refractivity contribution is 7.29. The van der Waals surface area contributed by atoms with Gasteiger partial charge in [-0.15, -0.1) is 102 Å². The van der Waals surface area contributed by atoms with Gasteiger partial charge >= 0.3 is 0 Å². The Balaban J connectivity index is 0.715. The van der Waals surface area contributed by atoms with Gasteiger partial charge in [-0.05, 0) is 164 Å². The van der Waals surface area contributed by atoms with E-state index in [0.29, 0.717) is 39.6 Å². The summed E-state index contributed by atoms with van der Waals surface area (Å²) in [6.45, 7) is 10.2. The quantitative estimate of drug-likeness (QED) is 0.0476. The van der Waals surface area contributed by atoms with Crippen molar-refractivity contribution >= 4 is 119 Å². The maximum absolute atomic E-state index is 6.42. The van der Waals surface area contributed by atoms with Crippen molar-refractivity contribution in [1.29, 1.82) is 0 Å². The van der Waals surface area contributed by atoms with Gasteiger partial charge in [-0.1, -0.05) is 115 Å². The van der Waals surface area contributed by atoms with Crippen LogP contribution in [0, 0.1) is 0 Å². The third kappa shape index (κ3) is 13.5. The Labute approximate surface area is 588 Å². The van der Waals surface area contributed by atoms with Crippen molar-refractivity contribution in [2.45, 2.75) is 117 Å². The van der Waals surface area contributed by atoms with E-state index in [0.717, 1.165) is 85.5 Å². The van der Waals surface area contributed by atoms with Gasteiger partial charge in [0.25, 0.3) is 0 Å². The van der Waals surface area contributed by atoms with Crippen LogP contribution in [0.4, 0.5) is 17.1 Å². The van der Waals surface area contributed by atoms with Crippen molar-refractivity contribution in [3.63, 3.8) is 0 Å². The molecule has 0 radical (unpaired) electrons. The van der Waals surface area contributed by atoms with Crippen LogP contribution in [0.2, 0.25) is 0 Å². The molecule has 3 aliphatic heterocycles. The van der Waals surface area contributed by atoms with Crippen molar-refractivity contribution in [3.05, 3.63) is 160 Å². The summed E-state index contributed by atoms with van der Waals surface area (Å²) >= 11 is 16.5. The molecule has 16 heteroatoms. The Morgan fingerprint density at radius 3 is 0.734 bits per heavy atom. The van der Waals surface area contributed by atoms with Crippen LogP contribution in [-0.2, 0) is 19.3 Å². The smallest absolute Gasteiger partial charge is 0.181 e. The fourth-order valence-corrected chi connectivity index (χ4v) is 22.9. The molecule has 0 N–H and O–H groups in total. The standard InChI is InChI=1S/C78H75NO6S9/c1-4-7-10-13-16-55-31-34-61(86-55)73-67-70(83-46-43-80-67)76(92-73)64-40-37-58(89-64)49-19-25-52(26-20-49)79(53-27-21-50(22-28-53)59-38-41-65(90-59)77-71-68(81-44-47-84-71)74(93-77)62-35-32-56(87-62)17-14-11-8-5-2)54-29-23-51(24-30-54)60-39-42-66(91-60)78-72-69(82-45-48-85-72)75(94-78)63-36-33-57(88-63)18-15-12-9-6-3/h19-42H,4-18,43-48H2,1-3H3. The average Bonchev–Trinajstić information content (AvgIpc) is 1.61. The van der Waals surface area contributed by atoms with Crippen LogP contribution in [0.1, 0.15) is 112 Å². The molecule has 0 saturated carbocycles. The van der Waals surface area contributed by atoms with E-state index in [2.05, 4.69) is 171 Å². The molecule has 3 aromatic carbocycles. The summed E-state index contributed by atoms with van der Waals surface area (Å²) in [4.78, 5) is 24.6. The van der Waals surface area contributed by atoms with Gasteiger partial charge in [0.1, 0.15) is 39.6 Å². The van der Waals surface area contributed by atoms with Gasteiger partial charge in [0.05, 0.1) is 29.3 Å². The van der Waals surface area contributed by atoms with E-state index in [4.69, 9.17) is 28.4 Å². The Morgan fingerprint density at radius 2 is 0.479 bits per heavy atom. The molecule has 3 aliphatic rings. The molecule has 0 amide bonds. The van der Waals surface area contributed by atoms with E-state index in [1.807, 2.05) is 68.0 Å². The topological polar surface area (TPSA) is 58.6 Å². The SMILES string of the molecule is CCCCCCc1ccc(-c2sc(-c3ccc(-c4ccc(N(c5ccc(-c6ccc(-c7sc(-c8ccc(CCCCCC)s8)c8c7OCCO8)s6)cc5)c5ccc(-c6ccc(-c7sc(-c8ccc(CCCCCC)s8)c8c7OCCO8)s6)cc5)cc4)s3)c3c2OCCO3)s1. The zero-order valence-corrected chi connectivity index (χ0v) is 60.6. The van der Waals surface area contributed by atoms with Crippen molar-refractivity contribution in [1.82, 2.24) is 0 Å². The summed E-state index contributed by atoms with van der Waals surface area (Å²) in [6, 6.07) is 54.6. The number of unbranched alkanes of at least 4 members (excludes halogenated alkanes) is 9. The third-order valence-corrected chi connectivity index (χ3v) is 28.8. The highest BCUT2D eigenvalue weighted by Crippen LogP contribution is 2.60. The van der Waals surface area contributed by atoms with Crippen LogP contribution in [0.25, 0.3) is 89.8 Å². The first-order valence-electron chi connectivity index (χ1n) is 33.4. The van der Waals surface area contributed by atoms with Crippen molar-refractivity contribution in [2.75, 3.05) is 44.5 Å². The molecule has 0 spiro atoms. The largest absolute Gasteiger partial charge is 0.485 e. The number of nitrogens with zero attached hydrogens (tertiary/aromatic N) is 1. The predicted molar refractivity (Wildman–Crippen MR) is 407 cm³/mol. The first-order valence-corrected chi connectivity index (χ1v) is 40.8. The van der Waals surface area contributed by atoms with E-state index < -0.39 is 0 Å². The lowest BCUT2D eigenvalue weighted by molar-refractivity contribution is 0.175. The highest BCUT2D eigenvalue weighted by atomic mass is 32.1. The molecule has 9 aromatic heterocycles. The second-order valence-electron chi connectivity index (χ2n) is 24.0. The molecule has 12 heterocycles. The van der Waals surface area contributed by atoms with E-state index in [-0.39, 0.29) is 0 Å². The second-order valence-corrected chi connectivity index (χ2v) is 33.9. The van der Waals surface area contributed by atoms with Gasteiger partial charge in [-0.25, -0.2) is 0 Å². The van der Waals surface area contributed by atoms with Gasteiger partial charge in [-0.3, -0.25) is 0 Å². The number of rotatable bonds is 27. The molecule has 0 bridgehead atoms. The summed E-state index contributed by atoms with van der Waals surface area (Å²) in [5, 5.41) is 0. The summed E-state index contributed by atoms with van der Waals surface area (Å²) < 4.78 is 38.4. The second kappa shape index (κ2) is 29.5. The number of anilines is 3. The number of benzene rings is 3. The van der Waals surface area contributed by atoms with E-state index in [1.165, 1.54) is 167 Å². The lowest BCUT2D eigenvalue weighted by Crippen LogP contribution is -2.14. The zero-order chi connectivity index (χ0) is 63.3. The van der Waals surface area contributed by atoms with Crippen LogP contribution in [0.15, 0.2) is 146 Å². The molecule has 94 heavy (non-hydrogen) atoms. The lowest BCUT2D eigenvalue weighted by Gasteiger charge is -2.26. The normalized spacial score (nSPS) is 13.3. The minimum absolute atomic E-state index is 0.551. The molecular formula is C78H75NO6S9. The molecule has 0 saturated heterocycles. The molecule has 0 aliphatic carbocycles. The van der Waals surface area contributed by atoms with Gasteiger partial charge in [-0.2, -0.15) is 0 Å². The van der Waals surface area contributed by atoms with Crippen LogP contribution in [0.3, 0.4) is 0 Å². The molecule has 15 rings (SSSR count). The summed E-state index contributed by atoms with van der Waals surface area (Å²) in [7, 11) is 0. The minimum atomic E-state index is 0.551. The predicted octanol–water partition coefficient (Wildman–Crippen LogP) is 26.4. The molecule has 482 valence electrons. The zero-order valence-electron chi connectivity index (χ0n) is 53.3. The van der Waals surface area contributed by atoms with Crippen molar-refractivity contribution < 1.29 is 28.4 Å². The fraction of sp³-hybridized carbons (Fsp3) is 0.308. The Hall–Kier alpha value is -6.44. The lowest BCUT2D eigenvalue weighted by atomic mass is 10.1. The number of aryl methyl sites for hydroxylation is 3. The Morgan fingerprint density at radius 1 is 0.245 bits per heavy atom. The van der Waals surface area contributed by atoms with Crippen LogP contribution >= 0.6 is 102 Å². The maximum atomic E-state index is 6.42. The summed E-state index contributed by atoms with van der Waals surface area (Å²) in [5.74, 6) is 5.32. The number of ether oxygens (including phenoxy) is 6. The molecule has 0 fully saturated rings. The Kier molecular flexibility index (Phi) is 20.0. The van der Waals surface area contributed by atoms with Crippen LogP contribution < -0.4 is 33.3 Å². The maximum Gasteiger partial charge on any atom is 0.181 e. The first-order chi connectivity index (χ1) is 46.4. The number of thiophene rings is 9. The molecule has 12 aromatic rings. The number of hydrogen-bond donors (Lipinski definition) is 0. The van der Waals surface area contributed by atoms with Gasteiger partial charge in [0.2, 0.25) is 0 Å². The Bertz CT molecular complexity index is 4050. The monoisotopic (exact) mass is 1410 g/mol. The fourth-order valence-electron chi connectivity index (χ4n) is 12.5. The number of fused-ring (bicyclic) bond motifs is 3. The van der Waals surface area contributed by atoms with Crippen LogP contribution in [-0.4, -0.2) is 39.6 Å². The molecule has 0 unspecified atom stereocenters. The van der Waals surface area contributed by atoms with Gasteiger partial charge in [0, 0.05) is 75.6 Å². The number of hydrogen-bond acceptors (Lipinski definition) is 16. The van der Waals surface area contributed by atoms with Crippen molar-refractivity contribution in [3.8, 4) is 124 Å². The van der Waals surface area contributed by atoms with E-state index in [9.17, 15) is 0 Å². The van der Waals surface area contributed by atoms with E-state index >= 15 is 0 Å². The first kappa shape index (κ1) is 63.6. The molecular weight excluding hydrogens is 1340 g/mol. The average molecular weight is 1410 g/mol.